The van der Waals surface area contributed by atoms with Crippen molar-refractivity contribution in [3.63, 3.8) is 0 Å². The van der Waals surface area contributed by atoms with Gasteiger partial charge in [0, 0.05) is 30.0 Å². The predicted molar refractivity (Wildman–Crippen MR) is 87.2 cm³/mol. The fraction of sp³-hybridized carbons (Fsp3) is 0.312. The van der Waals surface area contributed by atoms with Crippen LogP contribution in [-0.2, 0) is 11.2 Å². The van der Waals surface area contributed by atoms with Gasteiger partial charge in [0.1, 0.15) is 6.33 Å². The van der Waals surface area contributed by atoms with Crippen LogP contribution in [0.25, 0.3) is 11.4 Å². The number of hydrogen-bond acceptors (Lipinski definition) is 6. The molecule has 1 amide bonds. The van der Waals surface area contributed by atoms with Crippen molar-refractivity contribution in [1.82, 2.24) is 25.3 Å². The molecule has 3 aromatic rings. The maximum Gasteiger partial charge on any atom is 0.227 e. The van der Waals surface area contributed by atoms with Crippen molar-refractivity contribution in [3.05, 3.63) is 42.3 Å². The van der Waals surface area contributed by atoms with Gasteiger partial charge in [0.25, 0.3) is 0 Å². The number of nitrogens with one attached hydrogen (secondary N) is 2. The van der Waals surface area contributed by atoms with E-state index in [1.54, 1.807) is 0 Å². The lowest BCUT2D eigenvalue weighted by atomic mass is 10.2. The van der Waals surface area contributed by atoms with Crippen molar-refractivity contribution in [2.45, 2.75) is 32.6 Å². The SMILES string of the molecule is CC(C)c1noc(CCC(=O)Nc2ccc(-c3ncn[nH]3)cc2)n1. The first-order chi connectivity index (χ1) is 11.6. The zero-order chi connectivity index (χ0) is 16.9. The molecule has 0 atom stereocenters. The van der Waals surface area contributed by atoms with E-state index in [-0.39, 0.29) is 18.2 Å². The molecule has 2 aromatic heterocycles. The molecule has 2 heterocycles. The first-order valence-electron chi connectivity index (χ1n) is 7.70. The van der Waals surface area contributed by atoms with E-state index in [2.05, 4.69) is 30.6 Å². The van der Waals surface area contributed by atoms with Crippen molar-refractivity contribution >= 4 is 11.6 Å². The molecule has 0 aliphatic carbocycles. The van der Waals surface area contributed by atoms with E-state index in [1.807, 2.05) is 38.1 Å². The molecule has 0 radical (unpaired) electrons. The Labute approximate surface area is 138 Å². The van der Waals surface area contributed by atoms with Crippen LogP contribution in [0.15, 0.2) is 35.1 Å². The van der Waals surface area contributed by atoms with Crippen molar-refractivity contribution in [1.29, 1.82) is 0 Å². The van der Waals surface area contributed by atoms with Crippen LogP contribution in [0.1, 0.15) is 37.9 Å². The number of aromatic amines is 1. The Bertz CT molecular complexity index is 792. The molecule has 24 heavy (non-hydrogen) atoms. The molecule has 0 fully saturated rings. The third kappa shape index (κ3) is 3.83. The number of amides is 1. The lowest BCUT2D eigenvalue weighted by Gasteiger charge is -2.05. The molecule has 0 spiro atoms. The summed E-state index contributed by atoms with van der Waals surface area (Å²) in [6, 6.07) is 7.37. The van der Waals surface area contributed by atoms with Gasteiger partial charge < -0.3 is 9.84 Å². The van der Waals surface area contributed by atoms with Gasteiger partial charge in [-0.1, -0.05) is 19.0 Å². The molecule has 2 N–H and O–H groups in total. The Morgan fingerprint density at radius 1 is 1.29 bits per heavy atom. The third-order valence-electron chi connectivity index (χ3n) is 3.42. The van der Waals surface area contributed by atoms with Gasteiger partial charge in [-0.15, -0.1) is 0 Å². The molecule has 0 saturated heterocycles. The smallest absolute Gasteiger partial charge is 0.227 e. The van der Waals surface area contributed by atoms with Gasteiger partial charge in [-0.05, 0) is 24.3 Å². The standard InChI is InChI=1S/C16H18N6O2/c1-10(2)15-20-14(24-22-15)8-7-13(23)19-12-5-3-11(4-6-12)16-17-9-18-21-16/h3-6,9-10H,7-8H2,1-2H3,(H,19,23)(H,17,18,21). The van der Waals surface area contributed by atoms with E-state index in [9.17, 15) is 4.79 Å². The van der Waals surface area contributed by atoms with Crippen LogP contribution in [0.4, 0.5) is 5.69 Å². The second-order valence-electron chi connectivity index (χ2n) is 5.66. The van der Waals surface area contributed by atoms with E-state index in [4.69, 9.17) is 4.52 Å². The highest BCUT2D eigenvalue weighted by atomic mass is 16.5. The monoisotopic (exact) mass is 326 g/mol. The van der Waals surface area contributed by atoms with E-state index >= 15 is 0 Å². The molecule has 8 heteroatoms. The molecular formula is C16H18N6O2. The highest BCUT2D eigenvalue weighted by Gasteiger charge is 2.11. The fourth-order valence-corrected chi connectivity index (χ4v) is 2.10. The summed E-state index contributed by atoms with van der Waals surface area (Å²) in [4.78, 5) is 20.3. The second kappa shape index (κ2) is 7.03. The maximum absolute atomic E-state index is 12.0. The summed E-state index contributed by atoms with van der Waals surface area (Å²) in [6.45, 7) is 3.98. The normalized spacial score (nSPS) is 11.0. The van der Waals surface area contributed by atoms with Gasteiger partial charge in [-0.3, -0.25) is 9.89 Å². The van der Waals surface area contributed by atoms with Crippen molar-refractivity contribution in [3.8, 4) is 11.4 Å². The van der Waals surface area contributed by atoms with Gasteiger partial charge in [0.2, 0.25) is 11.8 Å². The zero-order valence-electron chi connectivity index (χ0n) is 13.5. The predicted octanol–water partition coefficient (Wildman–Crippen LogP) is 2.55. The summed E-state index contributed by atoms with van der Waals surface area (Å²) < 4.78 is 5.13. The Hall–Kier alpha value is -3.03. The van der Waals surface area contributed by atoms with Crippen molar-refractivity contribution in [2.24, 2.45) is 0 Å². The molecule has 8 nitrogen and oxygen atoms in total. The minimum absolute atomic E-state index is 0.105. The summed E-state index contributed by atoms with van der Waals surface area (Å²) in [5.41, 5.74) is 1.62. The summed E-state index contributed by atoms with van der Waals surface area (Å²) >= 11 is 0. The van der Waals surface area contributed by atoms with Crippen LogP contribution >= 0.6 is 0 Å². The first kappa shape index (κ1) is 15.9. The molecule has 124 valence electrons. The molecule has 0 saturated carbocycles. The van der Waals surface area contributed by atoms with Gasteiger partial charge in [0.05, 0.1) is 0 Å². The Morgan fingerprint density at radius 3 is 2.71 bits per heavy atom. The maximum atomic E-state index is 12.0. The van der Waals surface area contributed by atoms with Gasteiger partial charge in [0.15, 0.2) is 11.6 Å². The van der Waals surface area contributed by atoms with E-state index in [1.165, 1.54) is 6.33 Å². The summed E-state index contributed by atoms with van der Waals surface area (Å²) in [5.74, 6) is 1.93. The number of carbonyl (C=O) groups excluding carboxylic acids is 1. The minimum Gasteiger partial charge on any atom is -0.339 e. The summed E-state index contributed by atoms with van der Waals surface area (Å²) in [7, 11) is 0. The number of aryl methyl sites for hydroxylation is 1. The van der Waals surface area contributed by atoms with Crippen LogP contribution in [0.3, 0.4) is 0 Å². The average molecular weight is 326 g/mol. The highest BCUT2D eigenvalue weighted by Crippen LogP contribution is 2.17. The van der Waals surface area contributed by atoms with E-state index in [0.717, 1.165) is 11.3 Å². The number of H-pyrrole nitrogens is 1. The van der Waals surface area contributed by atoms with Crippen LogP contribution in [0.5, 0.6) is 0 Å². The van der Waals surface area contributed by atoms with Crippen LogP contribution < -0.4 is 5.32 Å². The van der Waals surface area contributed by atoms with E-state index in [0.29, 0.717) is 24.0 Å². The van der Waals surface area contributed by atoms with Crippen LogP contribution in [-0.4, -0.2) is 31.2 Å². The summed E-state index contributed by atoms with van der Waals surface area (Å²) in [5, 5.41) is 13.3. The Kier molecular flexibility index (Phi) is 4.64. The molecule has 0 aliphatic heterocycles. The molecule has 3 rings (SSSR count). The molecule has 1 aromatic carbocycles. The second-order valence-corrected chi connectivity index (χ2v) is 5.66. The molecular weight excluding hydrogens is 308 g/mol. The molecule has 0 bridgehead atoms. The van der Waals surface area contributed by atoms with Crippen molar-refractivity contribution < 1.29 is 9.32 Å². The number of hydrogen-bond donors (Lipinski definition) is 2. The first-order valence-corrected chi connectivity index (χ1v) is 7.70. The lowest BCUT2D eigenvalue weighted by molar-refractivity contribution is -0.116. The van der Waals surface area contributed by atoms with Crippen molar-refractivity contribution in [2.75, 3.05) is 5.32 Å². The quantitative estimate of drug-likeness (QED) is 0.720. The number of carbonyl (C=O) groups is 1. The van der Waals surface area contributed by atoms with E-state index < -0.39 is 0 Å². The average Bonchev–Trinajstić information content (AvgIpc) is 3.25. The third-order valence-corrected chi connectivity index (χ3v) is 3.42. The fourth-order valence-electron chi connectivity index (χ4n) is 2.10. The summed E-state index contributed by atoms with van der Waals surface area (Å²) in [6.07, 6.45) is 2.15. The topological polar surface area (TPSA) is 110 Å². The number of benzene rings is 1. The number of aromatic nitrogens is 5. The number of rotatable bonds is 6. The molecule has 0 aliphatic rings. The zero-order valence-corrected chi connectivity index (χ0v) is 13.5. The minimum atomic E-state index is -0.105. The molecule has 0 unspecified atom stereocenters. The Morgan fingerprint density at radius 2 is 2.08 bits per heavy atom. The van der Waals surface area contributed by atoms with Gasteiger partial charge in [-0.25, -0.2) is 4.98 Å². The highest BCUT2D eigenvalue weighted by molar-refractivity contribution is 5.91. The number of nitrogens with zero attached hydrogens (tertiary/aromatic N) is 4. The van der Waals surface area contributed by atoms with Gasteiger partial charge >= 0.3 is 0 Å². The Balaban J connectivity index is 1.52. The van der Waals surface area contributed by atoms with Crippen LogP contribution in [0, 0.1) is 0 Å². The van der Waals surface area contributed by atoms with Gasteiger partial charge in [-0.2, -0.15) is 10.1 Å². The lowest BCUT2D eigenvalue weighted by Crippen LogP contribution is -2.12. The largest absolute Gasteiger partial charge is 0.339 e. The number of anilines is 1. The van der Waals surface area contributed by atoms with Crippen LogP contribution in [0.2, 0.25) is 0 Å².